The Bertz CT molecular complexity index is 1300. The van der Waals surface area contributed by atoms with Gasteiger partial charge in [-0.05, 0) is 39.8 Å². The van der Waals surface area contributed by atoms with Crippen LogP contribution < -0.4 is 0 Å². The second-order valence-corrected chi connectivity index (χ2v) is 9.46. The van der Waals surface area contributed by atoms with Crippen molar-refractivity contribution in [3.63, 3.8) is 0 Å². The highest BCUT2D eigenvalue weighted by Gasteiger charge is 2.39. The maximum Gasteiger partial charge on any atom is 0.262 e. The van der Waals surface area contributed by atoms with Gasteiger partial charge in [0.25, 0.3) is 11.8 Å². The Labute approximate surface area is 219 Å². The number of carbonyl (C=O) groups excluding carboxylic acids is 2. The maximum atomic E-state index is 13.7. The van der Waals surface area contributed by atoms with Gasteiger partial charge in [0.2, 0.25) is 0 Å². The lowest BCUT2D eigenvalue weighted by Crippen LogP contribution is -2.32. The van der Waals surface area contributed by atoms with Crippen molar-refractivity contribution in [2.24, 2.45) is 0 Å². The third kappa shape index (κ3) is 5.17. The highest BCUT2D eigenvalue weighted by Crippen LogP contribution is 2.37. The van der Waals surface area contributed by atoms with E-state index in [1.807, 2.05) is 84.9 Å². The summed E-state index contributed by atoms with van der Waals surface area (Å²) in [7, 11) is 0. The number of amides is 2. The van der Waals surface area contributed by atoms with Gasteiger partial charge in [-0.2, -0.15) is 0 Å². The van der Waals surface area contributed by atoms with Gasteiger partial charge in [-0.3, -0.25) is 14.5 Å². The molecule has 3 heteroatoms. The molecule has 0 radical (unpaired) electrons. The molecule has 5 rings (SSSR count). The second-order valence-electron chi connectivity index (χ2n) is 9.46. The van der Waals surface area contributed by atoms with Crippen LogP contribution in [0.4, 0.5) is 0 Å². The van der Waals surface area contributed by atoms with Crippen LogP contribution in [0.3, 0.4) is 0 Å². The van der Waals surface area contributed by atoms with Crippen molar-refractivity contribution in [1.82, 2.24) is 4.90 Å². The molecule has 0 unspecified atom stereocenters. The van der Waals surface area contributed by atoms with E-state index in [1.54, 1.807) is 0 Å². The fraction of sp³-hybridized carbons (Fsp3) is 0.176. The van der Waals surface area contributed by atoms with E-state index >= 15 is 0 Å². The minimum absolute atomic E-state index is 0.198. The van der Waals surface area contributed by atoms with Crippen LogP contribution in [0.2, 0.25) is 0 Å². The molecule has 4 aromatic rings. The summed E-state index contributed by atoms with van der Waals surface area (Å²) in [6, 6.07) is 36.2. The van der Waals surface area contributed by atoms with Crippen LogP contribution in [0.15, 0.2) is 109 Å². The zero-order chi connectivity index (χ0) is 25.6. The van der Waals surface area contributed by atoms with E-state index in [9.17, 15) is 9.59 Å². The van der Waals surface area contributed by atoms with E-state index in [1.165, 1.54) is 4.90 Å². The van der Waals surface area contributed by atoms with Gasteiger partial charge in [-0.1, -0.05) is 135 Å². The average molecular weight is 486 g/mol. The Hall–Kier alpha value is -4.24. The average Bonchev–Trinajstić information content (AvgIpc) is 3.21. The third-order valence-corrected chi connectivity index (χ3v) is 6.96. The Morgan fingerprint density at radius 2 is 0.838 bits per heavy atom. The summed E-state index contributed by atoms with van der Waals surface area (Å²) in [5.41, 5.74) is 6.92. The van der Waals surface area contributed by atoms with Crippen molar-refractivity contribution < 1.29 is 9.59 Å². The zero-order valence-corrected chi connectivity index (χ0v) is 21.2. The summed E-state index contributed by atoms with van der Waals surface area (Å²) in [4.78, 5) is 28.7. The molecule has 0 fully saturated rings. The van der Waals surface area contributed by atoms with Crippen LogP contribution in [0.1, 0.15) is 43.7 Å². The molecule has 0 atom stereocenters. The fourth-order valence-electron chi connectivity index (χ4n) is 4.93. The molecule has 3 nitrogen and oxygen atoms in total. The SMILES string of the molecule is CCCCCCN1C(=O)C(c2ccc(-c3ccccc3)cc2)=C(c2ccc(-c3ccccc3)cc2)C1=O. The number of unbranched alkanes of at least 4 members (excludes halogenated alkanes) is 3. The standard InChI is InChI=1S/C34H31NO2/c1-2-3-4-11-24-35-33(36)31(29-20-16-27(17-21-29)25-12-7-5-8-13-25)32(34(35)37)30-22-18-28(19-23-30)26-14-9-6-10-15-26/h5-10,12-23H,2-4,11,24H2,1H3. The van der Waals surface area contributed by atoms with Gasteiger partial charge in [-0.25, -0.2) is 0 Å². The van der Waals surface area contributed by atoms with Gasteiger partial charge in [0.1, 0.15) is 0 Å². The van der Waals surface area contributed by atoms with E-state index in [-0.39, 0.29) is 11.8 Å². The molecule has 0 aromatic heterocycles. The summed E-state index contributed by atoms with van der Waals surface area (Å²) in [5, 5.41) is 0. The summed E-state index contributed by atoms with van der Waals surface area (Å²) in [6.07, 6.45) is 4.05. The number of hydrogen-bond donors (Lipinski definition) is 0. The number of rotatable bonds is 9. The van der Waals surface area contributed by atoms with Gasteiger partial charge in [-0.15, -0.1) is 0 Å². The highest BCUT2D eigenvalue weighted by atomic mass is 16.2. The third-order valence-electron chi connectivity index (χ3n) is 6.96. The lowest BCUT2D eigenvalue weighted by atomic mass is 9.93. The van der Waals surface area contributed by atoms with Crippen molar-refractivity contribution in [2.45, 2.75) is 32.6 Å². The predicted molar refractivity (Wildman–Crippen MR) is 151 cm³/mol. The summed E-state index contributed by atoms with van der Waals surface area (Å²) >= 11 is 0. The smallest absolute Gasteiger partial charge is 0.262 e. The molecular formula is C34H31NO2. The number of imide groups is 1. The van der Waals surface area contributed by atoms with Crippen LogP contribution >= 0.6 is 0 Å². The zero-order valence-electron chi connectivity index (χ0n) is 21.2. The first-order chi connectivity index (χ1) is 18.2. The molecule has 2 amide bonds. The fourth-order valence-corrected chi connectivity index (χ4v) is 4.93. The number of benzene rings is 4. The molecule has 0 N–H and O–H groups in total. The monoisotopic (exact) mass is 485 g/mol. The topological polar surface area (TPSA) is 37.4 Å². The molecule has 0 saturated carbocycles. The highest BCUT2D eigenvalue weighted by molar-refractivity contribution is 6.49. The number of carbonyl (C=O) groups is 2. The maximum absolute atomic E-state index is 13.7. The number of hydrogen-bond acceptors (Lipinski definition) is 2. The molecule has 0 saturated heterocycles. The van der Waals surface area contributed by atoms with Gasteiger partial charge in [0.05, 0.1) is 11.1 Å². The van der Waals surface area contributed by atoms with Gasteiger partial charge in [0, 0.05) is 6.54 Å². The molecule has 4 aromatic carbocycles. The summed E-state index contributed by atoms with van der Waals surface area (Å²) in [6.45, 7) is 2.61. The summed E-state index contributed by atoms with van der Waals surface area (Å²) in [5.74, 6) is -0.396. The van der Waals surface area contributed by atoms with E-state index in [0.29, 0.717) is 17.7 Å². The molecule has 0 aliphatic carbocycles. The van der Waals surface area contributed by atoms with Crippen LogP contribution in [-0.4, -0.2) is 23.3 Å². The Morgan fingerprint density at radius 3 is 1.24 bits per heavy atom. The van der Waals surface area contributed by atoms with Crippen LogP contribution in [0, 0.1) is 0 Å². The van der Waals surface area contributed by atoms with E-state index in [2.05, 4.69) is 31.2 Å². The van der Waals surface area contributed by atoms with Gasteiger partial charge in [0.15, 0.2) is 0 Å². The van der Waals surface area contributed by atoms with Crippen LogP contribution in [0.5, 0.6) is 0 Å². The van der Waals surface area contributed by atoms with E-state index < -0.39 is 0 Å². The summed E-state index contributed by atoms with van der Waals surface area (Å²) < 4.78 is 0. The lowest BCUT2D eigenvalue weighted by molar-refractivity contribution is -0.136. The quantitative estimate of drug-likeness (QED) is 0.179. The van der Waals surface area contributed by atoms with Crippen LogP contribution in [0.25, 0.3) is 33.4 Å². The first-order valence-electron chi connectivity index (χ1n) is 13.1. The minimum atomic E-state index is -0.198. The van der Waals surface area contributed by atoms with Crippen molar-refractivity contribution >= 4 is 23.0 Å². The molecule has 1 aliphatic heterocycles. The normalized spacial score (nSPS) is 13.5. The molecule has 1 heterocycles. The van der Waals surface area contributed by atoms with Gasteiger partial charge < -0.3 is 0 Å². The first kappa shape index (κ1) is 24.5. The molecule has 1 aliphatic rings. The molecule has 184 valence electrons. The van der Waals surface area contributed by atoms with Crippen molar-refractivity contribution in [1.29, 1.82) is 0 Å². The van der Waals surface area contributed by atoms with E-state index in [0.717, 1.165) is 59.1 Å². The van der Waals surface area contributed by atoms with Crippen molar-refractivity contribution in [3.05, 3.63) is 120 Å². The van der Waals surface area contributed by atoms with E-state index in [4.69, 9.17) is 0 Å². The molecule has 0 spiro atoms. The Balaban J connectivity index is 1.52. The molecule has 0 bridgehead atoms. The minimum Gasteiger partial charge on any atom is -0.274 e. The first-order valence-corrected chi connectivity index (χ1v) is 13.1. The Kier molecular flexibility index (Phi) is 7.41. The number of nitrogens with zero attached hydrogens (tertiary/aromatic N) is 1. The van der Waals surface area contributed by atoms with Crippen molar-refractivity contribution in [3.8, 4) is 22.3 Å². The Morgan fingerprint density at radius 1 is 0.459 bits per heavy atom. The van der Waals surface area contributed by atoms with Gasteiger partial charge >= 0.3 is 0 Å². The van der Waals surface area contributed by atoms with Crippen molar-refractivity contribution in [2.75, 3.05) is 6.54 Å². The molecule has 37 heavy (non-hydrogen) atoms. The molecular weight excluding hydrogens is 454 g/mol. The predicted octanol–water partition coefficient (Wildman–Crippen LogP) is 7.88. The lowest BCUT2D eigenvalue weighted by Gasteiger charge is -2.15. The second kappa shape index (κ2) is 11.2. The largest absolute Gasteiger partial charge is 0.274 e. The van der Waals surface area contributed by atoms with Crippen LogP contribution in [-0.2, 0) is 9.59 Å².